The van der Waals surface area contributed by atoms with Crippen LogP contribution in [0, 0.1) is 0 Å². The first-order chi connectivity index (χ1) is 15.9. The maximum Gasteiger partial charge on any atom is 0.255 e. The van der Waals surface area contributed by atoms with Crippen LogP contribution in [0.5, 0.6) is 0 Å². The number of hydrogen-bond acceptors (Lipinski definition) is 5. The maximum absolute atomic E-state index is 12.8. The minimum absolute atomic E-state index is 0.0304. The molecule has 4 N–H and O–H groups in total. The molecule has 3 aromatic rings. The summed E-state index contributed by atoms with van der Waals surface area (Å²) in [5.74, 6) is -0.256. The second-order valence-electron chi connectivity index (χ2n) is 8.40. The first kappa shape index (κ1) is 22.6. The molecule has 2 aromatic carbocycles. The lowest BCUT2D eigenvalue weighted by Gasteiger charge is -2.39. The number of pyridine rings is 1. The molecule has 1 atom stereocenters. The number of hydrogen-bond donors (Lipinski definition) is 3. The van der Waals surface area contributed by atoms with Crippen LogP contribution in [0.3, 0.4) is 0 Å². The summed E-state index contributed by atoms with van der Waals surface area (Å²) in [5.41, 5.74) is 8.25. The van der Waals surface area contributed by atoms with Crippen LogP contribution in [0.15, 0.2) is 79.1 Å². The highest BCUT2D eigenvalue weighted by molar-refractivity contribution is 6.04. The lowest BCUT2D eigenvalue weighted by atomic mass is 9.84. The molecule has 7 nitrogen and oxygen atoms in total. The molecule has 0 radical (unpaired) electrons. The summed E-state index contributed by atoms with van der Waals surface area (Å²) in [7, 11) is 0. The van der Waals surface area contributed by atoms with E-state index < -0.39 is 11.6 Å². The fourth-order valence-corrected chi connectivity index (χ4v) is 4.12. The third kappa shape index (κ3) is 5.45. The van der Waals surface area contributed by atoms with Crippen molar-refractivity contribution in [2.24, 2.45) is 5.73 Å². The zero-order valence-electron chi connectivity index (χ0n) is 18.4. The molecule has 4 rings (SSSR count). The average Bonchev–Trinajstić information content (AvgIpc) is 2.85. The zero-order chi connectivity index (χ0) is 23.3. The number of likely N-dealkylation sites (tertiary alicyclic amines) is 1. The number of anilines is 1. The summed E-state index contributed by atoms with van der Waals surface area (Å²) in [4.78, 5) is 30.9. The van der Waals surface area contributed by atoms with Gasteiger partial charge in [-0.2, -0.15) is 0 Å². The van der Waals surface area contributed by atoms with Crippen molar-refractivity contribution in [3.8, 4) is 0 Å². The number of amides is 2. The summed E-state index contributed by atoms with van der Waals surface area (Å²) in [6, 6.07) is 19.5. The number of nitrogens with one attached hydrogen (secondary N) is 1. The molecule has 1 aliphatic rings. The Morgan fingerprint density at radius 2 is 1.64 bits per heavy atom. The number of aliphatic hydroxyl groups is 1. The highest BCUT2D eigenvalue weighted by Gasteiger charge is 2.35. The lowest BCUT2D eigenvalue weighted by molar-refractivity contribution is -0.136. The summed E-state index contributed by atoms with van der Waals surface area (Å²) >= 11 is 0. The Labute approximate surface area is 193 Å². The van der Waals surface area contributed by atoms with Crippen molar-refractivity contribution in [3.05, 3.63) is 95.8 Å². The van der Waals surface area contributed by atoms with Crippen molar-refractivity contribution >= 4 is 17.5 Å². The van der Waals surface area contributed by atoms with Gasteiger partial charge in [0.2, 0.25) is 5.91 Å². The molecule has 170 valence electrons. The quantitative estimate of drug-likeness (QED) is 0.541. The van der Waals surface area contributed by atoms with Crippen LogP contribution in [0.2, 0.25) is 0 Å². The Morgan fingerprint density at radius 1 is 1.00 bits per heavy atom. The minimum atomic E-state index is -0.896. The molecule has 0 bridgehead atoms. The Kier molecular flexibility index (Phi) is 6.82. The molecule has 0 aliphatic carbocycles. The van der Waals surface area contributed by atoms with E-state index in [4.69, 9.17) is 5.73 Å². The SMILES string of the molecule is NC(CC(=O)N1CCC(O)(c2ccccc2)CC1)c1ccc(C(=O)Nc2ccncc2)cc1. The highest BCUT2D eigenvalue weighted by Crippen LogP contribution is 2.33. The predicted octanol–water partition coefficient (Wildman–Crippen LogP) is 3.23. The zero-order valence-corrected chi connectivity index (χ0v) is 18.4. The van der Waals surface area contributed by atoms with Crippen LogP contribution in [0.25, 0.3) is 0 Å². The van der Waals surface area contributed by atoms with Crippen molar-refractivity contribution in [3.63, 3.8) is 0 Å². The molecular formula is C26H28N4O3. The summed E-state index contributed by atoms with van der Waals surface area (Å²) in [5, 5.41) is 13.8. The number of carbonyl (C=O) groups is 2. The second-order valence-corrected chi connectivity index (χ2v) is 8.40. The molecule has 1 fully saturated rings. The van der Waals surface area contributed by atoms with E-state index in [2.05, 4.69) is 10.3 Å². The standard InChI is InChI=1S/C26H28N4O3/c27-23(19-6-8-20(9-7-19)25(32)29-22-10-14-28-15-11-22)18-24(31)30-16-12-26(33,13-17-30)21-4-2-1-3-5-21/h1-11,14-15,23,33H,12-13,16-18,27H2,(H,28,29,32). The van der Waals surface area contributed by atoms with Gasteiger partial charge in [0.15, 0.2) is 0 Å². The summed E-state index contributed by atoms with van der Waals surface area (Å²) < 4.78 is 0. The van der Waals surface area contributed by atoms with Crippen LogP contribution in [0.1, 0.15) is 46.8 Å². The number of carbonyl (C=O) groups excluding carboxylic acids is 2. The van der Waals surface area contributed by atoms with Crippen LogP contribution in [0.4, 0.5) is 5.69 Å². The Bertz CT molecular complexity index is 1080. The third-order valence-corrected chi connectivity index (χ3v) is 6.19. The third-order valence-electron chi connectivity index (χ3n) is 6.19. The van der Waals surface area contributed by atoms with E-state index in [1.807, 2.05) is 30.3 Å². The molecule has 7 heteroatoms. The van der Waals surface area contributed by atoms with Crippen molar-refractivity contribution in [2.45, 2.75) is 30.9 Å². The maximum atomic E-state index is 12.8. The van der Waals surface area contributed by atoms with E-state index in [1.165, 1.54) is 0 Å². The lowest BCUT2D eigenvalue weighted by Crippen LogP contribution is -2.45. The van der Waals surface area contributed by atoms with Crippen LogP contribution < -0.4 is 11.1 Å². The molecule has 2 heterocycles. The van der Waals surface area contributed by atoms with E-state index in [0.717, 1.165) is 11.1 Å². The van der Waals surface area contributed by atoms with Gasteiger partial charge in [0.1, 0.15) is 0 Å². The van der Waals surface area contributed by atoms with Gasteiger partial charge in [-0.15, -0.1) is 0 Å². The van der Waals surface area contributed by atoms with E-state index >= 15 is 0 Å². The molecule has 1 saturated heterocycles. The fraction of sp³-hybridized carbons (Fsp3) is 0.269. The van der Waals surface area contributed by atoms with E-state index in [-0.39, 0.29) is 18.2 Å². The minimum Gasteiger partial charge on any atom is -0.385 e. The van der Waals surface area contributed by atoms with Crippen LogP contribution in [-0.2, 0) is 10.4 Å². The van der Waals surface area contributed by atoms with Gasteiger partial charge in [0.05, 0.1) is 5.60 Å². The second kappa shape index (κ2) is 9.94. The van der Waals surface area contributed by atoms with E-state index in [9.17, 15) is 14.7 Å². The molecule has 2 amide bonds. The number of nitrogens with two attached hydrogens (primary N) is 1. The Balaban J connectivity index is 1.30. The molecule has 0 saturated carbocycles. The van der Waals surface area contributed by atoms with Gasteiger partial charge in [-0.05, 0) is 48.2 Å². The van der Waals surface area contributed by atoms with Crippen molar-refractivity contribution in [1.29, 1.82) is 0 Å². The number of benzene rings is 2. The number of piperidine rings is 1. The topological polar surface area (TPSA) is 109 Å². The highest BCUT2D eigenvalue weighted by atomic mass is 16.3. The fourth-order valence-electron chi connectivity index (χ4n) is 4.12. The smallest absolute Gasteiger partial charge is 0.255 e. The average molecular weight is 445 g/mol. The van der Waals surface area contributed by atoms with Crippen LogP contribution in [-0.4, -0.2) is 39.9 Å². The summed E-state index contributed by atoms with van der Waals surface area (Å²) in [6.45, 7) is 0.982. The van der Waals surface area contributed by atoms with Gasteiger partial charge in [-0.3, -0.25) is 14.6 Å². The van der Waals surface area contributed by atoms with Gasteiger partial charge in [-0.1, -0.05) is 42.5 Å². The van der Waals surface area contributed by atoms with Gasteiger partial charge in [0, 0.05) is 49.2 Å². The van der Waals surface area contributed by atoms with Crippen LogP contribution >= 0.6 is 0 Å². The molecular weight excluding hydrogens is 416 g/mol. The normalized spacial score (nSPS) is 16.1. The Morgan fingerprint density at radius 3 is 2.27 bits per heavy atom. The molecule has 1 unspecified atom stereocenters. The predicted molar refractivity (Wildman–Crippen MR) is 126 cm³/mol. The first-order valence-electron chi connectivity index (χ1n) is 11.1. The van der Waals surface area contributed by atoms with Crippen molar-refractivity contribution < 1.29 is 14.7 Å². The number of nitrogens with zero attached hydrogens (tertiary/aromatic N) is 2. The molecule has 1 aliphatic heterocycles. The largest absolute Gasteiger partial charge is 0.385 e. The van der Waals surface area contributed by atoms with Crippen molar-refractivity contribution in [2.75, 3.05) is 18.4 Å². The van der Waals surface area contributed by atoms with E-state index in [0.29, 0.717) is 37.2 Å². The molecule has 0 spiro atoms. The van der Waals surface area contributed by atoms with E-state index in [1.54, 1.807) is 53.7 Å². The monoisotopic (exact) mass is 444 g/mol. The van der Waals surface area contributed by atoms with Crippen molar-refractivity contribution in [1.82, 2.24) is 9.88 Å². The van der Waals surface area contributed by atoms with Gasteiger partial charge < -0.3 is 21.1 Å². The van der Waals surface area contributed by atoms with Gasteiger partial charge >= 0.3 is 0 Å². The van der Waals surface area contributed by atoms with Gasteiger partial charge in [-0.25, -0.2) is 0 Å². The first-order valence-corrected chi connectivity index (χ1v) is 11.1. The number of rotatable bonds is 6. The summed E-state index contributed by atoms with van der Waals surface area (Å²) in [6.07, 6.45) is 4.39. The molecule has 1 aromatic heterocycles. The molecule has 33 heavy (non-hydrogen) atoms. The van der Waals surface area contributed by atoms with Gasteiger partial charge in [0.25, 0.3) is 5.91 Å². The Hall–Kier alpha value is -3.55. The number of aromatic nitrogens is 1.